The van der Waals surface area contributed by atoms with Crippen molar-refractivity contribution in [1.82, 2.24) is 10.3 Å². The number of carbonyl (C=O) groups is 1. The Bertz CT molecular complexity index is 830. The van der Waals surface area contributed by atoms with Crippen LogP contribution in [0.5, 0.6) is 0 Å². The average molecular weight is 326 g/mol. The summed E-state index contributed by atoms with van der Waals surface area (Å²) < 4.78 is 13.6. The van der Waals surface area contributed by atoms with Crippen LogP contribution >= 0.6 is 11.3 Å². The molecule has 3 aromatic rings. The number of nitrogens with zero attached hydrogens (tertiary/aromatic N) is 1. The zero-order chi connectivity index (χ0) is 16.2. The quantitative estimate of drug-likeness (QED) is 0.781. The van der Waals surface area contributed by atoms with Crippen LogP contribution in [-0.2, 0) is 6.54 Å². The Kier molecular flexibility index (Phi) is 4.48. The number of thiazole rings is 1. The summed E-state index contributed by atoms with van der Waals surface area (Å²) in [6.07, 6.45) is 0. The summed E-state index contributed by atoms with van der Waals surface area (Å²) >= 11 is 1.53. The molecule has 0 saturated heterocycles. The van der Waals surface area contributed by atoms with Crippen LogP contribution in [0.1, 0.15) is 20.9 Å². The molecular weight excluding hydrogens is 311 g/mol. The second-order valence-corrected chi connectivity index (χ2v) is 6.14. The van der Waals surface area contributed by atoms with Crippen LogP contribution in [0.25, 0.3) is 10.6 Å². The van der Waals surface area contributed by atoms with Crippen molar-refractivity contribution in [3.05, 3.63) is 76.5 Å². The van der Waals surface area contributed by atoms with E-state index in [0.717, 1.165) is 21.1 Å². The van der Waals surface area contributed by atoms with Gasteiger partial charge >= 0.3 is 0 Å². The minimum absolute atomic E-state index is 0.0537. The highest BCUT2D eigenvalue weighted by Gasteiger charge is 2.13. The molecule has 1 aromatic heterocycles. The van der Waals surface area contributed by atoms with E-state index < -0.39 is 11.7 Å². The highest BCUT2D eigenvalue weighted by Crippen LogP contribution is 2.27. The Morgan fingerprint density at radius 3 is 2.57 bits per heavy atom. The van der Waals surface area contributed by atoms with E-state index in [2.05, 4.69) is 10.3 Å². The maximum Gasteiger partial charge on any atom is 0.254 e. The topological polar surface area (TPSA) is 42.0 Å². The number of rotatable bonds is 4. The first-order valence-electron chi connectivity index (χ1n) is 7.19. The van der Waals surface area contributed by atoms with Crippen molar-refractivity contribution in [2.24, 2.45) is 0 Å². The van der Waals surface area contributed by atoms with Gasteiger partial charge in [-0.25, -0.2) is 9.37 Å². The van der Waals surface area contributed by atoms with Gasteiger partial charge in [0.2, 0.25) is 0 Å². The molecule has 0 aliphatic heterocycles. The smallest absolute Gasteiger partial charge is 0.254 e. The van der Waals surface area contributed by atoms with Crippen molar-refractivity contribution in [2.75, 3.05) is 0 Å². The lowest BCUT2D eigenvalue weighted by atomic mass is 10.2. The van der Waals surface area contributed by atoms with Gasteiger partial charge in [-0.3, -0.25) is 4.79 Å². The van der Waals surface area contributed by atoms with Gasteiger partial charge in [0.1, 0.15) is 10.8 Å². The molecule has 0 bridgehead atoms. The Morgan fingerprint density at radius 2 is 1.83 bits per heavy atom. The molecule has 0 fully saturated rings. The molecule has 3 nitrogen and oxygen atoms in total. The second kappa shape index (κ2) is 6.71. The summed E-state index contributed by atoms with van der Waals surface area (Å²) in [6, 6.07) is 15.8. The second-order valence-electron chi connectivity index (χ2n) is 5.06. The van der Waals surface area contributed by atoms with Crippen LogP contribution in [0.15, 0.2) is 54.6 Å². The third kappa shape index (κ3) is 3.46. The number of amides is 1. The van der Waals surface area contributed by atoms with Crippen molar-refractivity contribution < 1.29 is 9.18 Å². The molecule has 0 radical (unpaired) electrons. The standard InChI is InChI=1S/C18H15FN2OS/c1-12-16(23-18(21-12)13-7-3-2-4-8-13)11-20-17(22)14-9-5-6-10-15(14)19/h2-10H,11H2,1H3,(H,20,22). The maximum absolute atomic E-state index is 13.6. The summed E-state index contributed by atoms with van der Waals surface area (Å²) in [5.41, 5.74) is 1.98. The number of benzene rings is 2. The first-order chi connectivity index (χ1) is 11.1. The highest BCUT2D eigenvalue weighted by atomic mass is 32.1. The summed E-state index contributed by atoms with van der Waals surface area (Å²) in [6.45, 7) is 2.25. The van der Waals surface area contributed by atoms with E-state index in [1.807, 2.05) is 37.3 Å². The largest absolute Gasteiger partial charge is 0.347 e. The van der Waals surface area contributed by atoms with E-state index in [0.29, 0.717) is 6.54 Å². The van der Waals surface area contributed by atoms with Gasteiger partial charge in [0, 0.05) is 10.4 Å². The molecule has 1 amide bonds. The van der Waals surface area contributed by atoms with Gasteiger partial charge in [-0.1, -0.05) is 42.5 Å². The molecule has 1 heterocycles. The Morgan fingerprint density at radius 1 is 1.13 bits per heavy atom. The maximum atomic E-state index is 13.6. The fourth-order valence-electron chi connectivity index (χ4n) is 2.20. The van der Waals surface area contributed by atoms with Gasteiger partial charge in [0.15, 0.2) is 0 Å². The molecule has 0 atom stereocenters. The number of aryl methyl sites for hydroxylation is 1. The zero-order valence-electron chi connectivity index (χ0n) is 12.5. The molecular formula is C18H15FN2OS. The predicted octanol–water partition coefficient (Wildman–Crippen LogP) is 4.19. The minimum atomic E-state index is -0.518. The van der Waals surface area contributed by atoms with E-state index in [-0.39, 0.29) is 5.56 Å². The van der Waals surface area contributed by atoms with E-state index in [9.17, 15) is 9.18 Å². The van der Waals surface area contributed by atoms with Gasteiger partial charge in [-0.15, -0.1) is 11.3 Å². The van der Waals surface area contributed by atoms with E-state index in [1.165, 1.54) is 23.5 Å². The number of hydrogen-bond acceptors (Lipinski definition) is 3. The molecule has 0 spiro atoms. The van der Waals surface area contributed by atoms with E-state index in [4.69, 9.17) is 0 Å². The molecule has 23 heavy (non-hydrogen) atoms. The number of carbonyl (C=O) groups excluding carboxylic acids is 1. The highest BCUT2D eigenvalue weighted by molar-refractivity contribution is 7.15. The monoisotopic (exact) mass is 326 g/mol. The Labute approximate surface area is 137 Å². The van der Waals surface area contributed by atoms with Gasteiger partial charge in [-0.05, 0) is 19.1 Å². The lowest BCUT2D eigenvalue weighted by molar-refractivity contribution is 0.0947. The molecule has 0 aliphatic rings. The third-order valence-electron chi connectivity index (χ3n) is 3.44. The number of hydrogen-bond donors (Lipinski definition) is 1. The molecule has 1 N–H and O–H groups in total. The molecule has 2 aromatic carbocycles. The van der Waals surface area contributed by atoms with E-state index in [1.54, 1.807) is 12.1 Å². The van der Waals surface area contributed by atoms with Gasteiger partial charge in [0.25, 0.3) is 5.91 Å². The molecule has 0 aliphatic carbocycles. The number of nitrogens with one attached hydrogen (secondary N) is 1. The summed E-state index contributed by atoms with van der Waals surface area (Å²) in [4.78, 5) is 17.6. The van der Waals surface area contributed by atoms with Gasteiger partial charge < -0.3 is 5.32 Å². The van der Waals surface area contributed by atoms with Crippen molar-refractivity contribution in [3.8, 4) is 10.6 Å². The molecule has 0 saturated carbocycles. The van der Waals surface area contributed by atoms with Crippen LogP contribution in [0.4, 0.5) is 4.39 Å². The van der Waals surface area contributed by atoms with E-state index >= 15 is 0 Å². The number of halogens is 1. The fraction of sp³-hybridized carbons (Fsp3) is 0.111. The molecule has 0 unspecified atom stereocenters. The lowest BCUT2D eigenvalue weighted by Gasteiger charge is -2.05. The van der Waals surface area contributed by atoms with Crippen molar-refractivity contribution in [2.45, 2.75) is 13.5 Å². The van der Waals surface area contributed by atoms with Crippen LogP contribution < -0.4 is 5.32 Å². The first kappa shape index (κ1) is 15.4. The van der Waals surface area contributed by atoms with Crippen LogP contribution in [-0.4, -0.2) is 10.9 Å². The average Bonchev–Trinajstić information content (AvgIpc) is 2.95. The normalized spacial score (nSPS) is 10.5. The SMILES string of the molecule is Cc1nc(-c2ccccc2)sc1CNC(=O)c1ccccc1F. The van der Waals surface area contributed by atoms with Crippen LogP contribution in [0.3, 0.4) is 0 Å². The van der Waals surface area contributed by atoms with Crippen molar-refractivity contribution in [3.63, 3.8) is 0 Å². The lowest BCUT2D eigenvalue weighted by Crippen LogP contribution is -2.23. The fourth-order valence-corrected chi connectivity index (χ4v) is 3.20. The van der Waals surface area contributed by atoms with Gasteiger partial charge in [0.05, 0.1) is 17.8 Å². The third-order valence-corrected chi connectivity index (χ3v) is 4.65. The molecule has 3 rings (SSSR count). The van der Waals surface area contributed by atoms with Crippen molar-refractivity contribution >= 4 is 17.2 Å². The molecule has 116 valence electrons. The van der Waals surface area contributed by atoms with Gasteiger partial charge in [-0.2, -0.15) is 0 Å². The van der Waals surface area contributed by atoms with Crippen molar-refractivity contribution in [1.29, 1.82) is 0 Å². The van der Waals surface area contributed by atoms with Crippen LogP contribution in [0, 0.1) is 12.7 Å². The summed E-state index contributed by atoms with van der Waals surface area (Å²) in [7, 11) is 0. The molecule has 5 heteroatoms. The minimum Gasteiger partial charge on any atom is -0.347 e. The Hall–Kier alpha value is -2.53. The first-order valence-corrected chi connectivity index (χ1v) is 8.01. The zero-order valence-corrected chi connectivity index (χ0v) is 13.4. The Balaban J connectivity index is 1.73. The predicted molar refractivity (Wildman–Crippen MR) is 89.9 cm³/mol. The number of aromatic nitrogens is 1. The van der Waals surface area contributed by atoms with Crippen LogP contribution in [0.2, 0.25) is 0 Å². The summed E-state index contributed by atoms with van der Waals surface area (Å²) in [5, 5.41) is 3.67. The summed E-state index contributed by atoms with van der Waals surface area (Å²) in [5.74, 6) is -0.937.